The Morgan fingerprint density at radius 2 is 1.60 bits per heavy atom. The zero-order valence-corrected chi connectivity index (χ0v) is 34.5. The Morgan fingerprint density at radius 3 is 2.06 bits per heavy atom. The van der Waals surface area contributed by atoms with Crippen LogP contribution in [0.3, 0.4) is 0 Å². The first kappa shape index (κ1) is 49.1. The van der Waals surface area contributed by atoms with Crippen molar-refractivity contribution in [2.75, 3.05) is 48.5 Å². The lowest BCUT2D eigenvalue weighted by Gasteiger charge is -2.38. The molecule has 1 saturated heterocycles. The number of carbonyl (C=O) groups excluding carboxylic acids is 4. The molecular formula is C40H73N5O7. The number of benzene rings is 1. The molecule has 9 atom stereocenters. The summed E-state index contributed by atoms with van der Waals surface area (Å²) in [5, 5.41) is 19.0. The molecule has 0 aliphatic carbocycles. The number of ether oxygens (including phenoxy) is 2. The highest BCUT2D eigenvalue weighted by atomic mass is 16.5. The van der Waals surface area contributed by atoms with Crippen LogP contribution in [0, 0.1) is 17.8 Å². The van der Waals surface area contributed by atoms with Crippen LogP contribution in [0.1, 0.15) is 99.2 Å². The lowest BCUT2D eigenvalue weighted by Crippen LogP contribution is -2.52. The van der Waals surface area contributed by atoms with Crippen LogP contribution in [0.4, 0.5) is 0 Å². The second-order valence-electron chi connectivity index (χ2n) is 14.4. The van der Waals surface area contributed by atoms with Gasteiger partial charge >= 0.3 is 0 Å². The van der Waals surface area contributed by atoms with Gasteiger partial charge in [0.15, 0.2) is 0 Å². The van der Waals surface area contributed by atoms with Crippen molar-refractivity contribution >= 4 is 24.0 Å². The van der Waals surface area contributed by atoms with Gasteiger partial charge in [-0.25, -0.2) is 0 Å². The number of rotatable bonds is 19. The van der Waals surface area contributed by atoms with Crippen LogP contribution < -0.4 is 16.0 Å². The Morgan fingerprint density at radius 1 is 1.00 bits per heavy atom. The fourth-order valence-electron chi connectivity index (χ4n) is 6.76. The number of hydrogen-bond donors (Lipinski definition) is 4. The molecule has 12 heteroatoms. The van der Waals surface area contributed by atoms with Crippen molar-refractivity contribution < 1.29 is 33.8 Å². The highest BCUT2D eigenvalue weighted by Crippen LogP contribution is 2.29. The molecule has 1 heterocycles. The molecule has 12 nitrogen and oxygen atoms in total. The largest absolute Gasteiger partial charge is 0.386 e. The lowest BCUT2D eigenvalue weighted by atomic mass is 9.90. The Kier molecular flexibility index (Phi) is 25.3. The van der Waals surface area contributed by atoms with E-state index in [4.69, 9.17) is 9.47 Å². The van der Waals surface area contributed by atoms with Gasteiger partial charge in [0.2, 0.25) is 17.7 Å². The molecule has 0 radical (unpaired) electrons. The zero-order valence-electron chi connectivity index (χ0n) is 34.5. The summed E-state index contributed by atoms with van der Waals surface area (Å²) in [5.74, 6) is -0.186. The highest BCUT2D eigenvalue weighted by molar-refractivity contribution is 5.83. The molecular weight excluding hydrogens is 662 g/mol. The number of aldehydes is 1. The van der Waals surface area contributed by atoms with Crippen molar-refractivity contribution in [1.82, 2.24) is 25.8 Å². The summed E-state index contributed by atoms with van der Waals surface area (Å²) in [7, 11) is 9.06. The van der Waals surface area contributed by atoms with Gasteiger partial charge in [0.1, 0.15) is 6.29 Å². The number of methoxy groups -OCH3 is 2. The number of nitrogens with one attached hydrogen (secondary N) is 3. The van der Waals surface area contributed by atoms with Gasteiger partial charge in [-0.3, -0.25) is 14.4 Å². The van der Waals surface area contributed by atoms with E-state index in [2.05, 4.69) is 48.5 Å². The second kappa shape index (κ2) is 26.8. The average molecular weight is 736 g/mol. The average Bonchev–Trinajstić information content (AvgIpc) is 3.60. The van der Waals surface area contributed by atoms with E-state index in [0.717, 1.165) is 24.8 Å². The van der Waals surface area contributed by atoms with Crippen molar-refractivity contribution in [3.8, 4) is 0 Å². The monoisotopic (exact) mass is 736 g/mol. The third-order valence-electron chi connectivity index (χ3n) is 9.66. The van der Waals surface area contributed by atoms with Crippen LogP contribution >= 0.6 is 0 Å². The minimum absolute atomic E-state index is 0.0343. The molecule has 3 amide bonds. The fraction of sp³-hybridized carbons (Fsp3) is 0.750. The molecule has 0 aromatic heterocycles. The Hall–Kier alpha value is -2.90. The van der Waals surface area contributed by atoms with Crippen molar-refractivity contribution in [3.63, 3.8) is 0 Å². The smallest absolute Gasteiger partial charge is 0.237 e. The van der Waals surface area contributed by atoms with E-state index in [-0.39, 0.29) is 60.8 Å². The van der Waals surface area contributed by atoms with Gasteiger partial charge in [-0.1, -0.05) is 91.6 Å². The summed E-state index contributed by atoms with van der Waals surface area (Å²) in [6, 6.07) is 8.54. The predicted molar refractivity (Wildman–Crippen MR) is 209 cm³/mol. The summed E-state index contributed by atoms with van der Waals surface area (Å²) < 4.78 is 11.7. The number of aliphatic hydroxyl groups excluding tert-OH is 1. The molecule has 1 fully saturated rings. The molecule has 0 spiro atoms. The van der Waals surface area contributed by atoms with Crippen LogP contribution in [0.15, 0.2) is 30.3 Å². The summed E-state index contributed by atoms with van der Waals surface area (Å²) in [5.41, 5.74) is 0.750. The van der Waals surface area contributed by atoms with Gasteiger partial charge in [-0.15, -0.1) is 0 Å². The fourth-order valence-corrected chi connectivity index (χ4v) is 6.76. The van der Waals surface area contributed by atoms with Gasteiger partial charge in [0.05, 0.1) is 55.3 Å². The van der Waals surface area contributed by atoms with Crippen molar-refractivity contribution in [2.24, 2.45) is 17.8 Å². The van der Waals surface area contributed by atoms with E-state index in [1.54, 1.807) is 28.2 Å². The number of likely N-dealkylation sites (N-methyl/N-ethyl adjacent to an activating group) is 2. The van der Waals surface area contributed by atoms with Crippen molar-refractivity contribution in [3.05, 3.63) is 35.9 Å². The molecule has 2 rings (SSSR count). The molecule has 1 aromatic rings. The highest BCUT2D eigenvalue weighted by Gasteiger charge is 2.41. The van der Waals surface area contributed by atoms with Gasteiger partial charge in [-0.2, -0.15) is 0 Å². The van der Waals surface area contributed by atoms with Crippen LogP contribution in [0.2, 0.25) is 0 Å². The summed E-state index contributed by atoms with van der Waals surface area (Å²) in [4.78, 5) is 52.0. The lowest BCUT2D eigenvalue weighted by molar-refractivity contribution is -0.143. The van der Waals surface area contributed by atoms with Gasteiger partial charge < -0.3 is 45.1 Å². The first-order valence-corrected chi connectivity index (χ1v) is 19.0. The third-order valence-corrected chi connectivity index (χ3v) is 9.66. The number of aliphatic hydroxyl groups is 1. The van der Waals surface area contributed by atoms with E-state index < -0.39 is 24.2 Å². The summed E-state index contributed by atoms with van der Waals surface area (Å²) in [6.45, 7) is 16.8. The minimum Gasteiger partial charge on any atom is -0.386 e. The second-order valence-corrected chi connectivity index (χ2v) is 14.4. The number of amides is 3. The SMILES string of the molecule is CCC.CC[C@H](C)[C@@H]([C@@H](CC(=O)N1CCC[C@H]1[C@H](OC)[C@@H](C)C(=O)N[C@H](C)[C@@H](O)c1ccccc1)OC)N(C)C.CNC(C(=O)NCC=O)C(C)C. The quantitative estimate of drug-likeness (QED) is 0.153. The number of hydrogen-bond acceptors (Lipinski definition) is 9. The molecule has 0 saturated carbocycles. The third kappa shape index (κ3) is 16.0. The van der Waals surface area contributed by atoms with Crippen molar-refractivity contribution in [2.45, 2.75) is 130 Å². The predicted octanol–water partition coefficient (Wildman–Crippen LogP) is 4.21. The Bertz CT molecular complexity index is 1140. The first-order valence-electron chi connectivity index (χ1n) is 19.0. The van der Waals surface area contributed by atoms with E-state index in [1.807, 2.05) is 70.1 Å². The van der Waals surface area contributed by atoms with Gasteiger partial charge in [0.25, 0.3) is 0 Å². The molecule has 1 aliphatic rings. The first-order chi connectivity index (χ1) is 24.6. The minimum atomic E-state index is -0.816. The van der Waals surface area contributed by atoms with Gasteiger partial charge in [0, 0.05) is 26.8 Å². The Balaban J connectivity index is 0.00000145. The molecule has 4 N–H and O–H groups in total. The number of nitrogens with zero attached hydrogens (tertiary/aromatic N) is 2. The normalized spacial score (nSPS) is 18.7. The van der Waals surface area contributed by atoms with Crippen molar-refractivity contribution in [1.29, 1.82) is 0 Å². The van der Waals surface area contributed by atoms with Crippen LogP contribution in [0.25, 0.3) is 0 Å². The number of likely N-dealkylation sites (tertiary alicyclic amines) is 1. The molecule has 1 aliphatic heterocycles. The molecule has 300 valence electrons. The molecule has 0 bridgehead atoms. The topological polar surface area (TPSA) is 150 Å². The standard InChI is InChI=1S/C29H49N3O5.C8H16N2O2.C3H8/c1-9-19(2)26(31(5)6)24(36-7)18-25(33)32-17-13-16-23(32)28(37-8)20(3)29(35)30-21(4)27(34)22-14-11-10-12-15-22;1-6(2)7(9-3)8(12)10-4-5-11;1-3-2/h10-12,14-15,19-21,23-24,26-28,34H,9,13,16-18H2,1-8H3,(H,30,35);5-7,9H,4H2,1-3H3,(H,10,12);3H2,1-2H3/t19-,20+,21+,23-,24+,26-,27+,28+;;/m0../s1. The maximum Gasteiger partial charge on any atom is 0.237 e. The van der Waals surface area contributed by atoms with E-state index in [1.165, 1.54) is 6.42 Å². The maximum absolute atomic E-state index is 13.5. The molecule has 1 aromatic carbocycles. The van der Waals surface area contributed by atoms with Crippen LogP contribution in [0.5, 0.6) is 0 Å². The summed E-state index contributed by atoms with van der Waals surface area (Å²) in [6.07, 6.45) is 3.37. The number of carbonyl (C=O) groups is 4. The Labute approximate surface area is 315 Å². The summed E-state index contributed by atoms with van der Waals surface area (Å²) >= 11 is 0. The zero-order chi connectivity index (χ0) is 40.0. The van der Waals surface area contributed by atoms with E-state index >= 15 is 0 Å². The van der Waals surface area contributed by atoms with E-state index in [9.17, 15) is 24.3 Å². The molecule has 52 heavy (non-hydrogen) atoms. The maximum atomic E-state index is 13.5. The molecule has 1 unspecified atom stereocenters. The van der Waals surface area contributed by atoms with Crippen LogP contribution in [-0.4, -0.2) is 124 Å². The van der Waals surface area contributed by atoms with Gasteiger partial charge in [-0.05, 0) is 58.3 Å². The van der Waals surface area contributed by atoms with E-state index in [0.29, 0.717) is 18.7 Å². The van der Waals surface area contributed by atoms with Crippen LogP contribution in [-0.2, 0) is 28.7 Å².